The maximum atomic E-state index is 13.1. The van der Waals surface area contributed by atoms with E-state index in [-0.39, 0.29) is 29.5 Å². The van der Waals surface area contributed by atoms with Crippen LogP contribution in [0.3, 0.4) is 0 Å². The molecular formula is C38H32F3NO5. The molecule has 0 saturated heterocycles. The van der Waals surface area contributed by atoms with Crippen molar-refractivity contribution >= 4 is 17.6 Å². The van der Waals surface area contributed by atoms with Gasteiger partial charge < -0.3 is 19.9 Å². The number of hydrogen-bond acceptors (Lipinski definition) is 4. The van der Waals surface area contributed by atoms with E-state index >= 15 is 0 Å². The summed E-state index contributed by atoms with van der Waals surface area (Å²) in [4.78, 5) is 25.5. The molecule has 0 radical (unpaired) electrons. The van der Waals surface area contributed by atoms with Gasteiger partial charge in [0.05, 0.1) is 16.8 Å². The molecule has 0 saturated carbocycles. The summed E-state index contributed by atoms with van der Waals surface area (Å²) in [5.74, 6) is -0.265. The maximum absolute atomic E-state index is 13.1. The highest BCUT2D eigenvalue weighted by atomic mass is 19.4. The Kier molecular flexibility index (Phi) is 9.94. The fourth-order valence-electron chi connectivity index (χ4n) is 5.03. The normalized spacial score (nSPS) is 11.3. The van der Waals surface area contributed by atoms with E-state index in [4.69, 9.17) is 9.47 Å². The van der Waals surface area contributed by atoms with Crippen LogP contribution in [0, 0.1) is 0 Å². The van der Waals surface area contributed by atoms with Crippen molar-refractivity contribution in [2.45, 2.75) is 39.0 Å². The zero-order valence-corrected chi connectivity index (χ0v) is 25.7. The molecule has 47 heavy (non-hydrogen) atoms. The summed E-state index contributed by atoms with van der Waals surface area (Å²) >= 11 is 0. The van der Waals surface area contributed by atoms with Crippen LogP contribution in [0.2, 0.25) is 0 Å². The molecule has 6 nitrogen and oxygen atoms in total. The monoisotopic (exact) mass is 639 g/mol. The van der Waals surface area contributed by atoms with Crippen LogP contribution in [0.5, 0.6) is 17.2 Å². The number of carboxylic acid groups (broad SMARTS) is 1. The molecule has 0 bridgehead atoms. The van der Waals surface area contributed by atoms with Gasteiger partial charge in [0.2, 0.25) is 0 Å². The summed E-state index contributed by atoms with van der Waals surface area (Å²) in [5, 5.41) is 12.8. The zero-order valence-electron chi connectivity index (χ0n) is 25.7. The van der Waals surface area contributed by atoms with Gasteiger partial charge in [0.15, 0.2) is 0 Å². The molecule has 9 heteroatoms. The molecule has 0 heterocycles. The molecule has 0 aromatic heterocycles. The minimum atomic E-state index is -4.45. The fraction of sp³-hybridized carbons (Fsp3) is 0.158. The van der Waals surface area contributed by atoms with Gasteiger partial charge >= 0.3 is 12.1 Å². The van der Waals surface area contributed by atoms with E-state index in [9.17, 15) is 27.9 Å². The lowest BCUT2D eigenvalue weighted by atomic mass is 9.90. The lowest BCUT2D eigenvalue weighted by molar-refractivity contribution is -0.137. The number of amides is 1. The van der Waals surface area contributed by atoms with Gasteiger partial charge in [0.25, 0.3) is 5.91 Å². The summed E-state index contributed by atoms with van der Waals surface area (Å²) in [6.07, 6.45) is -4.02. The number of hydrogen-bond donors (Lipinski definition) is 2. The van der Waals surface area contributed by atoms with Gasteiger partial charge in [-0.1, -0.05) is 62.4 Å². The molecule has 240 valence electrons. The zero-order chi connectivity index (χ0) is 33.6. The lowest BCUT2D eigenvalue weighted by Gasteiger charge is -2.18. The second kappa shape index (κ2) is 14.2. The van der Waals surface area contributed by atoms with E-state index in [0.717, 1.165) is 34.4 Å². The summed E-state index contributed by atoms with van der Waals surface area (Å²) in [5.41, 5.74) is 3.07. The third-order valence-corrected chi connectivity index (χ3v) is 7.46. The van der Waals surface area contributed by atoms with Crippen molar-refractivity contribution in [2.24, 2.45) is 0 Å². The predicted molar refractivity (Wildman–Crippen MR) is 173 cm³/mol. The van der Waals surface area contributed by atoms with Crippen LogP contribution in [0.25, 0.3) is 0 Å². The number of nitrogens with one attached hydrogen (secondary N) is 1. The Balaban J connectivity index is 1.29. The van der Waals surface area contributed by atoms with E-state index < -0.39 is 23.6 Å². The van der Waals surface area contributed by atoms with Gasteiger partial charge in [0, 0.05) is 5.56 Å². The van der Waals surface area contributed by atoms with Crippen molar-refractivity contribution in [3.8, 4) is 17.2 Å². The summed E-state index contributed by atoms with van der Waals surface area (Å²) < 4.78 is 50.4. The van der Waals surface area contributed by atoms with Crippen molar-refractivity contribution in [3.63, 3.8) is 0 Å². The van der Waals surface area contributed by atoms with Crippen LogP contribution in [0.4, 0.5) is 18.9 Å². The first kappa shape index (κ1) is 32.8. The summed E-state index contributed by atoms with van der Waals surface area (Å²) in [7, 11) is 0. The highest BCUT2D eigenvalue weighted by Crippen LogP contribution is 2.32. The molecule has 0 unspecified atom stereocenters. The number of anilines is 1. The van der Waals surface area contributed by atoms with Gasteiger partial charge in [0.1, 0.15) is 23.9 Å². The molecule has 2 N–H and O–H groups in total. The highest BCUT2D eigenvalue weighted by molar-refractivity contribution is 6.08. The van der Waals surface area contributed by atoms with Crippen LogP contribution in [-0.2, 0) is 19.2 Å². The standard InChI is InChI=1S/C38H32F3NO5/c1-24(2)33-22-35(42-36(43)27-15-17-31(18-16-27)47-30-8-4-3-5-9-30)34(37(44)45)20-28(33)19-25-11-13-26(14-12-25)23-46-32-10-6-7-29(21-32)38(39,40)41/h3-18,20-22,24H,19,23H2,1-2H3,(H,42,43)(H,44,45). The number of carbonyl (C=O) groups excluding carboxylic acids is 1. The first-order valence-corrected chi connectivity index (χ1v) is 14.9. The first-order chi connectivity index (χ1) is 22.5. The number of para-hydroxylation sites is 1. The average molecular weight is 640 g/mol. The number of benzene rings is 5. The minimum Gasteiger partial charge on any atom is -0.489 e. The number of alkyl halides is 3. The van der Waals surface area contributed by atoms with Gasteiger partial charge in [-0.2, -0.15) is 13.2 Å². The summed E-state index contributed by atoms with van der Waals surface area (Å²) in [6.45, 7) is 4.06. The van der Waals surface area contributed by atoms with Gasteiger partial charge in [-0.05, 0) is 101 Å². The third-order valence-electron chi connectivity index (χ3n) is 7.46. The molecule has 0 fully saturated rings. The van der Waals surface area contributed by atoms with Gasteiger partial charge in [-0.15, -0.1) is 0 Å². The quantitative estimate of drug-likeness (QED) is 0.150. The first-order valence-electron chi connectivity index (χ1n) is 14.9. The SMILES string of the molecule is CC(C)c1cc(NC(=O)c2ccc(Oc3ccccc3)cc2)c(C(=O)O)cc1Cc1ccc(COc2cccc(C(F)(F)F)c2)cc1. The van der Waals surface area contributed by atoms with E-state index in [0.29, 0.717) is 23.5 Å². The van der Waals surface area contributed by atoms with Crippen molar-refractivity contribution in [1.29, 1.82) is 0 Å². The molecule has 5 aromatic carbocycles. The topological polar surface area (TPSA) is 84.9 Å². The predicted octanol–water partition coefficient (Wildman–Crippen LogP) is 9.74. The van der Waals surface area contributed by atoms with Crippen molar-refractivity contribution in [1.82, 2.24) is 0 Å². The van der Waals surface area contributed by atoms with Crippen molar-refractivity contribution in [3.05, 3.63) is 154 Å². The van der Waals surface area contributed by atoms with Crippen molar-refractivity contribution < 1.29 is 37.3 Å². The number of ether oxygens (including phenoxy) is 2. The highest BCUT2D eigenvalue weighted by Gasteiger charge is 2.30. The number of rotatable bonds is 11. The number of halogens is 3. The second-order valence-corrected chi connectivity index (χ2v) is 11.3. The Morgan fingerprint density at radius 3 is 2.04 bits per heavy atom. The Morgan fingerprint density at radius 2 is 1.40 bits per heavy atom. The van der Waals surface area contributed by atoms with E-state index in [1.165, 1.54) is 12.1 Å². The molecule has 0 aliphatic heterocycles. The van der Waals surface area contributed by atoms with Gasteiger partial charge in [-0.3, -0.25) is 4.79 Å². The molecule has 1 amide bonds. The number of carboxylic acids is 1. The molecular weight excluding hydrogens is 607 g/mol. The Labute approximate surface area is 270 Å². The van der Waals surface area contributed by atoms with Crippen molar-refractivity contribution in [2.75, 3.05) is 5.32 Å². The third kappa shape index (κ3) is 8.58. The lowest BCUT2D eigenvalue weighted by Crippen LogP contribution is -2.16. The Hall–Kier alpha value is -5.57. The van der Waals surface area contributed by atoms with E-state index in [1.807, 2.05) is 68.4 Å². The van der Waals surface area contributed by atoms with Gasteiger partial charge in [-0.25, -0.2) is 4.79 Å². The molecule has 0 atom stereocenters. The van der Waals surface area contributed by atoms with E-state index in [2.05, 4.69) is 5.32 Å². The number of carbonyl (C=O) groups is 2. The fourth-order valence-corrected chi connectivity index (χ4v) is 5.03. The maximum Gasteiger partial charge on any atom is 0.416 e. The Bertz CT molecular complexity index is 1850. The molecule has 0 aliphatic rings. The average Bonchev–Trinajstić information content (AvgIpc) is 3.05. The molecule has 5 aromatic rings. The van der Waals surface area contributed by atoms with Crippen LogP contribution < -0.4 is 14.8 Å². The van der Waals surface area contributed by atoms with E-state index in [1.54, 1.807) is 36.4 Å². The van der Waals surface area contributed by atoms with Crippen LogP contribution in [0.15, 0.2) is 115 Å². The molecule has 0 spiro atoms. The summed E-state index contributed by atoms with van der Waals surface area (Å²) in [6, 6.07) is 31.2. The largest absolute Gasteiger partial charge is 0.489 e. The van der Waals surface area contributed by atoms with Crippen LogP contribution in [0.1, 0.15) is 68.3 Å². The smallest absolute Gasteiger partial charge is 0.416 e. The van der Waals surface area contributed by atoms with Crippen LogP contribution >= 0.6 is 0 Å². The molecule has 0 aliphatic carbocycles. The second-order valence-electron chi connectivity index (χ2n) is 11.3. The minimum absolute atomic E-state index is 0.0260. The number of aromatic carboxylic acids is 1. The molecule has 5 rings (SSSR count). The van der Waals surface area contributed by atoms with Crippen LogP contribution in [-0.4, -0.2) is 17.0 Å². The Morgan fingerprint density at radius 1 is 0.766 bits per heavy atom.